The minimum Gasteiger partial charge on any atom is -0.395 e. The van der Waals surface area contributed by atoms with E-state index in [1.54, 1.807) is 25.1 Å². The molecule has 0 amide bonds. The van der Waals surface area contributed by atoms with Crippen molar-refractivity contribution < 1.29 is 27.4 Å². The molecule has 0 aliphatic rings. The van der Waals surface area contributed by atoms with Gasteiger partial charge in [-0.2, -0.15) is 0 Å². The summed E-state index contributed by atoms with van der Waals surface area (Å²) >= 11 is 0. The van der Waals surface area contributed by atoms with Crippen molar-refractivity contribution in [3.63, 3.8) is 0 Å². The first-order chi connectivity index (χ1) is 23.0. The molecule has 0 aliphatic carbocycles. The van der Waals surface area contributed by atoms with Gasteiger partial charge in [-0.15, -0.1) is 34.4 Å². The average Bonchev–Trinajstić information content (AvgIpc) is 3.61. The number of aliphatic imine (C=N–C) groups is 1. The molecule has 0 bridgehead atoms. The van der Waals surface area contributed by atoms with Gasteiger partial charge in [0.05, 0.1) is 10.9 Å². The second-order valence-corrected chi connectivity index (χ2v) is 10.2. The van der Waals surface area contributed by atoms with Crippen molar-refractivity contribution >= 4 is 35.5 Å². The Morgan fingerprint density at radius 1 is 1.06 bits per heavy atom. The molecule has 242 valence electrons. The molecule has 0 saturated heterocycles. The maximum Gasteiger partial charge on any atom is 0.573 e. The van der Waals surface area contributed by atoms with E-state index < -0.39 is 12.3 Å². The highest BCUT2D eigenvalue weighted by Gasteiger charge is 2.29. The first-order valence-electron chi connectivity index (χ1n) is 14.7. The monoisotopic (exact) mass is 650 g/mol. The van der Waals surface area contributed by atoms with Crippen LogP contribution in [0.5, 0.6) is 0 Å². The number of aromatic nitrogens is 4. The van der Waals surface area contributed by atoms with E-state index in [2.05, 4.69) is 91.4 Å². The largest absolute Gasteiger partial charge is 0.573 e. The zero-order valence-corrected chi connectivity index (χ0v) is 26.6. The number of terminal acetylenes is 1. The van der Waals surface area contributed by atoms with Crippen molar-refractivity contribution in [2.45, 2.75) is 46.9 Å². The van der Waals surface area contributed by atoms with Gasteiger partial charge >= 0.3 is 12.3 Å². The highest BCUT2D eigenvalue weighted by atomic mass is 19.4. The second kappa shape index (κ2) is 15.9. The van der Waals surface area contributed by atoms with Crippen molar-refractivity contribution in [1.82, 2.24) is 19.8 Å². The van der Waals surface area contributed by atoms with Crippen LogP contribution in [0.4, 0.5) is 24.5 Å². The van der Waals surface area contributed by atoms with Crippen LogP contribution in [0.2, 0.25) is 0 Å². The summed E-state index contributed by atoms with van der Waals surface area (Å²) in [6, 6.07) is 10.9. The van der Waals surface area contributed by atoms with Gasteiger partial charge in [-0.25, -0.2) is 14.8 Å². The number of nitrogens with zero attached hydrogens (tertiary/aromatic N) is 6. The van der Waals surface area contributed by atoms with E-state index in [0.29, 0.717) is 17.2 Å². The lowest BCUT2D eigenvalue weighted by molar-refractivity contribution is -0.280. The third-order valence-electron chi connectivity index (χ3n) is 6.84. The van der Waals surface area contributed by atoms with E-state index in [0.717, 1.165) is 52.9 Å². The maximum atomic E-state index is 13.2. The number of unbranched alkanes of at least 4 members (excludes halogenated alkanes) is 1. The van der Waals surface area contributed by atoms with Gasteiger partial charge in [0.2, 0.25) is 0 Å². The summed E-state index contributed by atoms with van der Waals surface area (Å²) in [5.41, 5.74) is 4.09. The Morgan fingerprint density at radius 3 is 2.54 bits per heavy atom. The first-order valence-corrected chi connectivity index (χ1v) is 14.7. The lowest BCUT2D eigenvalue weighted by Gasteiger charge is -2.23. The molecule has 48 heavy (non-hydrogen) atoms. The second-order valence-electron chi connectivity index (χ2n) is 10.2. The zero-order chi connectivity index (χ0) is 34.7. The number of halogens is 3. The molecular formula is C36H29F3N6O3. The Morgan fingerprint density at radius 2 is 1.83 bits per heavy atom. The molecule has 0 saturated carbocycles. The fourth-order valence-corrected chi connectivity index (χ4v) is 4.55. The molecule has 0 unspecified atom stereocenters. The molecule has 0 aliphatic heterocycles. The highest BCUT2D eigenvalue weighted by molar-refractivity contribution is 5.91. The predicted molar refractivity (Wildman–Crippen MR) is 177 cm³/mol. The Balaban J connectivity index is 1.82. The summed E-state index contributed by atoms with van der Waals surface area (Å²) in [5.74, 6) is 13.2. The summed E-state index contributed by atoms with van der Waals surface area (Å²) in [5, 5.41) is 9.04. The molecule has 2 aromatic heterocycles. The summed E-state index contributed by atoms with van der Waals surface area (Å²) in [6.07, 6.45) is 6.55. The van der Waals surface area contributed by atoms with E-state index in [1.807, 2.05) is 19.1 Å². The molecule has 0 fully saturated rings. The number of anilines is 1. The van der Waals surface area contributed by atoms with Gasteiger partial charge in [-0.05, 0) is 86.4 Å². The van der Waals surface area contributed by atoms with Crippen molar-refractivity contribution in [3.05, 3.63) is 64.0 Å². The normalized spacial score (nSPS) is 11.2. The SMILES string of the molecule is C#CC#CC#CC#COC(=O)c1nn2nc(-c3cc(C)ccc3N=COC(F)(F)F)nc2/c1=C\c1ccc(N(CC)CCCC)cc1C. The summed E-state index contributed by atoms with van der Waals surface area (Å²) in [7, 11) is 0. The zero-order valence-electron chi connectivity index (χ0n) is 26.6. The Hall–Kier alpha value is -6.24. The number of carbonyl (C=O) groups is 1. The van der Waals surface area contributed by atoms with Gasteiger partial charge < -0.3 is 14.4 Å². The number of hydrogen-bond acceptors (Lipinski definition) is 8. The number of hydrogen-bond donors (Lipinski definition) is 0. The molecule has 4 aromatic rings. The minimum atomic E-state index is -4.89. The van der Waals surface area contributed by atoms with Gasteiger partial charge in [0.1, 0.15) is 6.11 Å². The van der Waals surface area contributed by atoms with E-state index in [4.69, 9.17) is 11.2 Å². The Labute approximate surface area is 275 Å². The summed E-state index contributed by atoms with van der Waals surface area (Å²) < 4.78 is 47.7. The molecule has 12 heteroatoms. The van der Waals surface area contributed by atoms with Crippen LogP contribution in [0.15, 0.2) is 41.4 Å². The average molecular weight is 651 g/mol. The molecular weight excluding hydrogens is 621 g/mol. The number of fused-ring (bicyclic) bond motifs is 1. The van der Waals surface area contributed by atoms with Crippen molar-refractivity contribution in [2.24, 2.45) is 4.99 Å². The number of benzene rings is 2. The molecule has 4 rings (SSSR count). The van der Waals surface area contributed by atoms with Crippen LogP contribution in [-0.4, -0.2) is 51.6 Å². The maximum absolute atomic E-state index is 13.2. The number of carbonyl (C=O) groups excluding carboxylic acids is 1. The Bertz CT molecular complexity index is 2150. The lowest BCUT2D eigenvalue weighted by atomic mass is 10.1. The molecule has 0 N–H and O–H groups in total. The van der Waals surface area contributed by atoms with Gasteiger partial charge in [0.15, 0.2) is 23.6 Å². The molecule has 0 radical (unpaired) electrons. The molecule has 2 aromatic carbocycles. The number of esters is 1. The van der Waals surface area contributed by atoms with E-state index in [1.165, 1.54) is 6.07 Å². The third kappa shape index (κ3) is 8.94. The fourth-order valence-electron chi connectivity index (χ4n) is 4.55. The van der Waals surface area contributed by atoms with Gasteiger partial charge in [0.25, 0.3) is 0 Å². The lowest BCUT2D eigenvalue weighted by Crippen LogP contribution is -2.23. The topological polar surface area (TPSA) is 94.2 Å². The number of rotatable bonds is 10. The van der Waals surface area contributed by atoms with Crippen LogP contribution in [-0.2, 0) is 9.47 Å². The van der Waals surface area contributed by atoms with E-state index in [9.17, 15) is 18.0 Å². The third-order valence-corrected chi connectivity index (χ3v) is 6.84. The van der Waals surface area contributed by atoms with Crippen molar-refractivity contribution in [3.8, 4) is 59.4 Å². The van der Waals surface area contributed by atoms with Crippen molar-refractivity contribution in [1.29, 1.82) is 0 Å². The number of aryl methyl sites for hydroxylation is 2. The highest BCUT2D eigenvalue weighted by Crippen LogP contribution is 2.30. The summed E-state index contributed by atoms with van der Waals surface area (Å²) in [4.78, 5) is 23.9. The van der Waals surface area contributed by atoms with Gasteiger partial charge in [-0.1, -0.05) is 31.0 Å². The Kier molecular flexibility index (Phi) is 11.4. The van der Waals surface area contributed by atoms with Gasteiger partial charge in [0, 0.05) is 42.1 Å². The van der Waals surface area contributed by atoms with Crippen LogP contribution in [0, 0.1) is 61.9 Å². The van der Waals surface area contributed by atoms with Crippen molar-refractivity contribution in [2.75, 3.05) is 18.0 Å². The molecule has 0 atom stereocenters. The summed E-state index contributed by atoms with van der Waals surface area (Å²) in [6.45, 7) is 9.78. The van der Waals surface area contributed by atoms with Crippen LogP contribution < -0.4 is 10.1 Å². The molecule has 2 heterocycles. The van der Waals surface area contributed by atoms with E-state index in [-0.39, 0.29) is 22.9 Å². The molecule has 9 nitrogen and oxygen atoms in total. The van der Waals surface area contributed by atoms with Crippen LogP contribution in [0.25, 0.3) is 23.1 Å². The quantitative estimate of drug-likeness (QED) is 0.0964. The number of alkyl halides is 3. The molecule has 0 spiro atoms. The standard InChI is InChI=1S/C36H29F3N6O3/c1-6-9-11-12-13-14-20-47-35(46)32-30(23-27-16-17-28(22-26(27)5)44(8-3)19-10-7-2)34-41-33(43-45(34)42-32)29-21-25(4)15-18-31(29)40-24-48-36(37,38)39/h1,15-18,21-24H,7-8,10,19H2,2-5H3/b30-23-,40-24?. The van der Waals surface area contributed by atoms with Crippen LogP contribution in [0.3, 0.4) is 0 Å². The van der Waals surface area contributed by atoms with Crippen LogP contribution in [0.1, 0.15) is 53.9 Å². The van der Waals surface area contributed by atoms with Crippen LogP contribution >= 0.6 is 0 Å². The van der Waals surface area contributed by atoms with Gasteiger partial charge in [-0.3, -0.25) is 0 Å². The first kappa shape index (κ1) is 34.6. The predicted octanol–water partition coefficient (Wildman–Crippen LogP) is 5.54. The fraction of sp³-hybridized carbons (Fsp3) is 0.250. The smallest absolute Gasteiger partial charge is 0.395 e. The number of ether oxygens (including phenoxy) is 2. The minimum absolute atomic E-state index is 0.111. The van der Waals surface area contributed by atoms with E-state index >= 15 is 0 Å².